The Morgan fingerprint density at radius 1 is 0.957 bits per heavy atom. The molecule has 3 N–H and O–H groups in total. The molecular formula is C15H26O8. The molecule has 0 radical (unpaired) electrons. The van der Waals surface area contributed by atoms with Crippen LogP contribution in [-0.4, -0.2) is 58.6 Å². The van der Waals surface area contributed by atoms with Gasteiger partial charge in [-0.2, -0.15) is 0 Å². The molecule has 8 heteroatoms. The lowest BCUT2D eigenvalue weighted by molar-refractivity contribution is -0.162. The zero-order valence-electron chi connectivity index (χ0n) is 13.4. The number of ether oxygens (including phenoxy) is 2. The summed E-state index contributed by atoms with van der Waals surface area (Å²) in [6.07, 6.45) is 1.49. The lowest BCUT2D eigenvalue weighted by atomic mass is 10.1. The Hall–Kier alpha value is -1.67. The van der Waals surface area contributed by atoms with E-state index in [4.69, 9.17) is 14.9 Å². The molecule has 0 aliphatic rings. The molecule has 134 valence electrons. The van der Waals surface area contributed by atoms with Crippen molar-refractivity contribution in [2.75, 3.05) is 13.2 Å². The first-order valence-corrected chi connectivity index (χ1v) is 7.77. The van der Waals surface area contributed by atoms with Crippen LogP contribution in [0.1, 0.15) is 51.9 Å². The summed E-state index contributed by atoms with van der Waals surface area (Å²) >= 11 is 0. The summed E-state index contributed by atoms with van der Waals surface area (Å²) in [7, 11) is 0. The molecule has 23 heavy (non-hydrogen) atoms. The minimum atomic E-state index is -1.79. The summed E-state index contributed by atoms with van der Waals surface area (Å²) < 4.78 is 9.36. The second-order valence-electron chi connectivity index (χ2n) is 5.24. The van der Waals surface area contributed by atoms with E-state index in [9.17, 15) is 19.5 Å². The summed E-state index contributed by atoms with van der Waals surface area (Å²) in [6.45, 7) is 1.29. The van der Waals surface area contributed by atoms with Gasteiger partial charge in [0.1, 0.15) is 19.3 Å². The van der Waals surface area contributed by atoms with Crippen LogP contribution in [0.2, 0.25) is 0 Å². The van der Waals surface area contributed by atoms with Crippen molar-refractivity contribution in [1.29, 1.82) is 0 Å². The lowest BCUT2D eigenvalue weighted by Crippen LogP contribution is -2.31. The maximum absolute atomic E-state index is 11.4. The zero-order valence-corrected chi connectivity index (χ0v) is 13.4. The Labute approximate surface area is 135 Å². The molecular weight excluding hydrogens is 308 g/mol. The number of esters is 2. The fraction of sp³-hybridized carbons (Fsp3) is 0.800. The van der Waals surface area contributed by atoms with Crippen molar-refractivity contribution in [2.45, 2.75) is 64.1 Å². The van der Waals surface area contributed by atoms with Gasteiger partial charge in [-0.15, -0.1) is 0 Å². The molecule has 0 heterocycles. The van der Waals surface area contributed by atoms with Gasteiger partial charge in [0.05, 0.1) is 6.42 Å². The number of aliphatic carboxylic acids is 1. The van der Waals surface area contributed by atoms with Crippen LogP contribution in [-0.2, 0) is 23.9 Å². The lowest BCUT2D eigenvalue weighted by Gasteiger charge is -2.13. The van der Waals surface area contributed by atoms with E-state index in [-0.39, 0.29) is 13.0 Å². The molecule has 0 bridgehead atoms. The van der Waals surface area contributed by atoms with E-state index in [1.165, 1.54) is 0 Å². The molecule has 0 spiro atoms. The van der Waals surface area contributed by atoms with Gasteiger partial charge in [0, 0.05) is 6.42 Å². The topological polar surface area (TPSA) is 130 Å². The van der Waals surface area contributed by atoms with Gasteiger partial charge in [0.25, 0.3) is 0 Å². The number of aliphatic hydroxyl groups excluding tert-OH is 2. The fourth-order valence-corrected chi connectivity index (χ4v) is 1.71. The smallest absolute Gasteiger partial charge is 0.335 e. The number of carbonyl (C=O) groups is 3. The van der Waals surface area contributed by atoms with E-state index < -0.39 is 43.1 Å². The molecule has 0 rings (SSSR count). The van der Waals surface area contributed by atoms with Gasteiger partial charge in [0.15, 0.2) is 6.10 Å². The number of hydrogen-bond acceptors (Lipinski definition) is 7. The van der Waals surface area contributed by atoms with Crippen LogP contribution in [0.5, 0.6) is 0 Å². The van der Waals surface area contributed by atoms with Gasteiger partial charge in [-0.3, -0.25) is 9.59 Å². The van der Waals surface area contributed by atoms with Crippen molar-refractivity contribution >= 4 is 17.9 Å². The first-order chi connectivity index (χ1) is 10.9. The molecule has 0 aliphatic heterocycles. The quantitative estimate of drug-likeness (QED) is 0.330. The van der Waals surface area contributed by atoms with Crippen LogP contribution >= 0.6 is 0 Å². The van der Waals surface area contributed by atoms with E-state index in [1.54, 1.807) is 0 Å². The molecule has 0 aromatic carbocycles. The van der Waals surface area contributed by atoms with Gasteiger partial charge in [-0.25, -0.2) is 4.79 Å². The first-order valence-electron chi connectivity index (χ1n) is 7.77. The highest BCUT2D eigenvalue weighted by Gasteiger charge is 2.21. The summed E-state index contributed by atoms with van der Waals surface area (Å²) in [4.78, 5) is 32.9. The third-order valence-corrected chi connectivity index (χ3v) is 2.98. The van der Waals surface area contributed by atoms with E-state index in [2.05, 4.69) is 11.7 Å². The molecule has 1 unspecified atom stereocenters. The van der Waals surface area contributed by atoms with Crippen molar-refractivity contribution < 1.29 is 39.2 Å². The first kappa shape index (κ1) is 21.3. The molecule has 0 saturated carbocycles. The number of unbranched alkanes of at least 4 members (excludes halogenated alkanes) is 4. The second-order valence-corrected chi connectivity index (χ2v) is 5.24. The number of aliphatic hydroxyl groups is 2. The summed E-state index contributed by atoms with van der Waals surface area (Å²) in [6, 6.07) is 0. The van der Waals surface area contributed by atoms with Gasteiger partial charge in [-0.05, 0) is 6.42 Å². The third kappa shape index (κ3) is 12.5. The van der Waals surface area contributed by atoms with Crippen LogP contribution in [0.15, 0.2) is 0 Å². The average molecular weight is 334 g/mol. The summed E-state index contributed by atoms with van der Waals surface area (Å²) in [5.74, 6) is -2.92. The molecule has 0 aromatic heterocycles. The largest absolute Gasteiger partial charge is 0.481 e. The highest BCUT2D eigenvalue weighted by atomic mass is 16.6. The maximum Gasteiger partial charge on any atom is 0.335 e. The Kier molecular flexibility index (Phi) is 11.9. The van der Waals surface area contributed by atoms with E-state index in [0.29, 0.717) is 0 Å². The van der Waals surface area contributed by atoms with Gasteiger partial charge in [-0.1, -0.05) is 32.6 Å². The molecule has 0 fully saturated rings. The SMILES string of the molecule is CCCCCCCC(=O)OCC(O)COC(=O)[C@H](O)CC(=O)O. The van der Waals surface area contributed by atoms with Gasteiger partial charge >= 0.3 is 17.9 Å². The number of carbonyl (C=O) groups excluding carboxylic acids is 2. The van der Waals surface area contributed by atoms with E-state index in [1.807, 2.05) is 0 Å². The van der Waals surface area contributed by atoms with Crippen LogP contribution in [0.25, 0.3) is 0 Å². The van der Waals surface area contributed by atoms with E-state index in [0.717, 1.165) is 32.1 Å². The predicted molar refractivity (Wildman–Crippen MR) is 79.6 cm³/mol. The standard InChI is InChI=1S/C15H26O8/c1-2-3-4-5-6-7-14(20)22-9-11(16)10-23-15(21)12(17)8-13(18)19/h11-12,16-17H,2-10H2,1H3,(H,18,19)/t11?,12-/m1/s1. The molecule has 0 aromatic rings. The minimum Gasteiger partial charge on any atom is -0.481 e. The van der Waals surface area contributed by atoms with Gasteiger partial charge < -0.3 is 24.8 Å². The predicted octanol–water partition coefficient (Wildman–Crippen LogP) is 0.630. The highest BCUT2D eigenvalue weighted by Crippen LogP contribution is 2.06. The van der Waals surface area contributed by atoms with Crippen LogP contribution in [0, 0.1) is 0 Å². The normalized spacial score (nSPS) is 13.2. The minimum absolute atomic E-state index is 0.271. The average Bonchev–Trinajstić information content (AvgIpc) is 2.49. The van der Waals surface area contributed by atoms with Crippen molar-refractivity contribution in [3.63, 3.8) is 0 Å². The number of carboxylic acid groups (broad SMARTS) is 1. The van der Waals surface area contributed by atoms with Crippen LogP contribution in [0.3, 0.4) is 0 Å². The summed E-state index contributed by atoms with van der Waals surface area (Å²) in [5.41, 5.74) is 0. The van der Waals surface area contributed by atoms with E-state index >= 15 is 0 Å². The Morgan fingerprint density at radius 2 is 1.57 bits per heavy atom. The molecule has 0 aliphatic carbocycles. The van der Waals surface area contributed by atoms with Crippen molar-refractivity contribution in [1.82, 2.24) is 0 Å². The number of carboxylic acids is 1. The fourth-order valence-electron chi connectivity index (χ4n) is 1.71. The maximum atomic E-state index is 11.4. The number of hydrogen-bond donors (Lipinski definition) is 3. The molecule has 2 atom stereocenters. The van der Waals surface area contributed by atoms with Crippen LogP contribution in [0.4, 0.5) is 0 Å². The monoisotopic (exact) mass is 334 g/mol. The van der Waals surface area contributed by atoms with Crippen LogP contribution < -0.4 is 0 Å². The highest BCUT2D eigenvalue weighted by molar-refractivity contribution is 5.80. The molecule has 0 amide bonds. The Morgan fingerprint density at radius 3 is 2.17 bits per heavy atom. The van der Waals surface area contributed by atoms with Crippen molar-refractivity contribution in [2.24, 2.45) is 0 Å². The Bertz CT molecular complexity index is 368. The number of rotatable bonds is 13. The molecule has 8 nitrogen and oxygen atoms in total. The van der Waals surface area contributed by atoms with Crippen molar-refractivity contribution in [3.8, 4) is 0 Å². The van der Waals surface area contributed by atoms with Crippen molar-refractivity contribution in [3.05, 3.63) is 0 Å². The summed E-state index contributed by atoms with van der Waals surface area (Å²) in [5, 5.41) is 27.1. The molecule has 0 saturated heterocycles. The third-order valence-electron chi connectivity index (χ3n) is 2.98. The second kappa shape index (κ2) is 12.8. The van der Waals surface area contributed by atoms with Gasteiger partial charge in [0.2, 0.25) is 0 Å². The Balaban J connectivity index is 3.73. The zero-order chi connectivity index (χ0) is 17.7.